The van der Waals surface area contributed by atoms with Crippen molar-refractivity contribution in [1.82, 2.24) is 0 Å². The van der Waals surface area contributed by atoms with Gasteiger partial charge in [0.25, 0.3) is 0 Å². The molecule has 0 bridgehead atoms. The molecule has 0 amide bonds. The Balaban J connectivity index is 1.58. The summed E-state index contributed by atoms with van der Waals surface area (Å²) in [4.78, 5) is 4.51. The van der Waals surface area contributed by atoms with E-state index in [-0.39, 0.29) is 0 Å². The zero-order valence-electron chi connectivity index (χ0n) is 17.1. The lowest BCUT2D eigenvalue weighted by atomic mass is 10.1. The summed E-state index contributed by atoms with van der Waals surface area (Å²) in [7, 11) is 0. The monoisotopic (exact) mass is 365 g/mol. The normalized spacial score (nSPS) is 11.2. The Kier molecular flexibility index (Phi) is 10.3. The van der Waals surface area contributed by atoms with E-state index < -0.39 is 0 Å². The van der Waals surface area contributed by atoms with Crippen molar-refractivity contribution in [2.24, 2.45) is 4.99 Å². The van der Waals surface area contributed by atoms with Gasteiger partial charge in [0.1, 0.15) is 5.75 Å². The van der Waals surface area contributed by atoms with E-state index in [2.05, 4.69) is 43.1 Å². The van der Waals surface area contributed by atoms with Gasteiger partial charge in [-0.05, 0) is 55.3 Å². The summed E-state index contributed by atoms with van der Waals surface area (Å²) in [5.41, 5.74) is 3.32. The molecule has 0 heterocycles. The first-order valence-electron chi connectivity index (χ1n) is 10.6. The maximum Gasteiger partial charge on any atom is 0.119 e. The molecule has 2 heteroatoms. The lowest BCUT2D eigenvalue weighted by Gasteiger charge is -2.06. The summed E-state index contributed by atoms with van der Waals surface area (Å²) in [6, 6.07) is 16.4. The molecule has 0 radical (unpaired) electrons. The zero-order chi connectivity index (χ0) is 19.2. The third kappa shape index (κ3) is 9.42. The van der Waals surface area contributed by atoms with Gasteiger partial charge < -0.3 is 4.74 Å². The van der Waals surface area contributed by atoms with Crippen LogP contribution < -0.4 is 4.74 Å². The Hall–Kier alpha value is -2.09. The predicted octanol–water partition coefficient (Wildman–Crippen LogP) is 7.66. The molecule has 0 N–H and O–H groups in total. The van der Waals surface area contributed by atoms with E-state index in [0.717, 1.165) is 30.0 Å². The van der Waals surface area contributed by atoms with E-state index >= 15 is 0 Å². The number of rotatable bonds is 13. The number of unbranched alkanes of at least 4 members (excludes halogenated alkanes) is 8. The molecule has 0 aliphatic heterocycles. The number of aliphatic imine (C=N–C) groups is 1. The van der Waals surface area contributed by atoms with Crippen LogP contribution in [-0.4, -0.2) is 12.8 Å². The van der Waals surface area contributed by atoms with Crippen LogP contribution >= 0.6 is 0 Å². The largest absolute Gasteiger partial charge is 0.494 e. The van der Waals surface area contributed by atoms with Crippen molar-refractivity contribution in [2.45, 2.75) is 71.6 Å². The third-order valence-corrected chi connectivity index (χ3v) is 4.79. The molecule has 0 aromatic heterocycles. The van der Waals surface area contributed by atoms with Gasteiger partial charge in [-0.25, -0.2) is 0 Å². The quantitative estimate of drug-likeness (QED) is 0.264. The van der Waals surface area contributed by atoms with E-state index in [9.17, 15) is 0 Å². The third-order valence-electron chi connectivity index (χ3n) is 4.79. The number of nitrogens with zero attached hydrogens (tertiary/aromatic N) is 1. The fourth-order valence-electron chi connectivity index (χ4n) is 3.03. The van der Waals surface area contributed by atoms with Crippen molar-refractivity contribution in [2.75, 3.05) is 6.61 Å². The van der Waals surface area contributed by atoms with E-state index in [1.807, 2.05) is 30.5 Å². The minimum absolute atomic E-state index is 0.812. The molecule has 146 valence electrons. The number of ether oxygens (including phenoxy) is 1. The van der Waals surface area contributed by atoms with Crippen LogP contribution in [0.1, 0.15) is 75.8 Å². The first-order chi connectivity index (χ1) is 13.3. The van der Waals surface area contributed by atoms with Crippen molar-refractivity contribution >= 4 is 11.9 Å². The molecular formula is C25H35NO. The average molecular weight is 366 g/mol. The molecule has 0 spiro atoms. The molecule has 0 atom stereocenters. The number of hydrogen-bond donors (Lipinski definition) is 0. The summed E-state index contributed by atoms with van der Waals surface area (Å²) in [6.45, 7) is 5.17. The van der Waals surface area contributed by atoms with E-state index in [1.54, 1.807) is 0 Å². The van der Waals surface area contributed by atoms with Gasteiger partial charge in [-0.1, -0.05) is 76.0 Å². The minimum atomic E-state index is 0.812. The number of hydrogen-bond acceptors (Lipinski definition) is 2. The van der Waals surface area contributed by atoms with Crippen LogP contribution in [0.4, 0.5) is 5.69 Å². The highest BCUT2D eigenvalue weighted by atomic mass is 16.5. The van der Waals surface area contributed by atoms with E-state index in [0.29, 0.717) is 0 Å². The second kappa shape index (κ2) is 13.1. The zero-order valence-corrected chi connectivity index (χ0v) is 17.1. The topological polar surface area (TPSA) is 21.6 Å². The van der Waals surface area contributed by atoms with Crippen LogP contribution in [0.5, 0.6) is 5.75 Å². The van der Waals surface area contributed by atoms with Crippen LogP contribution in [0.3, 0.4) is 0 Å². The van der Waals surface area contributed by atoms with Gasteiger partial charge in [0.2, 0.25) is 0 Å². The van der Waals surface area contributed by atoms with Gasteiger partial charge in [-0.15, -0.1) is 0 Å². The molecule has 2 nitrogen and oxygen atoms in total. The second-order valence-electron chi connectivity index (χ2n) is 7.34. The molecule has 0 aliphatic carbocycles. The molecule has 0 unspecified atom stereocenters. The Morgan fingerprint density at radius 2 is 1.33 bits per heavy atom. The maximum absolute atomic E-state index is 5.85. The highest BCUT2D eigenvalue weighted by Gasteiger charge is 1.96. The molecule has 0 fully saturated rings. The van der Waals surface area contributed by atoms with Crippen molar-refractivity contribution < 1.29 is 4.74 Å². The van der Waals surface area contributed by atoms with Crippen LogP contribution in [0.25, 0.3) is 0 Å². The first-order valence-corrected chi connectivity index (χ1v) is 10.6. The summed E-state index contributed by atoms with van der Waals surface area (Å²) in [5.74, 6) is 0.946. The highest BCUT2D eigenvalue weighted by Crippen LogP contribution is 2.15. The van der Waals surface area contributed by atoms with Crippen LogP contribution in [0.15, 0.2) is 53.5 Å². The Morgan fingerprint density at radius 1 is 0.741 bits per heavy atom. The van der Waals surface area contributed by atoms with Crippen molar-refractivity contribution in [1.29, 1.82) is 0 Å². The highest BCUT2D eigenvalue weighted by molar-refractivity contribution is 5.82. The van der Waals surface area contributed by atoms with Gasteiger partial charge in [0.05, 0.1) is 12.3 Å². The molecule has 2 aromatic rings. The van der Waals surface area contributed by atoms with Crippen LogP contribution in [0, 0.1) is 6.92 Å². The molecule has 0 saturated carbocycles. The first kappa shape index (κ1) is 21.2. The molecule has 27 heavy (non-hydrogen) atoms. The second-order valence-corrected chi connectivity index (χ2v) is 7.34. The molecule has 0 aliphatic rings. The summed E-state index contributed by atoms with van der Waals surface area (Å²) in [5, 5.41) is 0. The Labute approximate surface area is 165 Å². The van der Waals surface area contributed by atoms with Crippen LogP contribution in [0.2, 0.25) is 0 Å². The van der Waals surface area contributed by atoms with Crippen LogP contribution in [-0.2, 0) is 0 Å². The fraction of sp³-hybridized carbons (Fsp3) is 0.480. The minimum Gasteiger partial charge on any atom is -0.494 e. The summed E-state index contributed by atoms with van der Waals surface area (Å²) >= 11 is 0. The number of aryl methyl sites for hydroxylation is 1. The Bertz CT molecular complexity index is 643. The number of benzene rings is 2. The maximum atomic E-state index is 5.85. The predicted molar refractivity (Wildman–Crippen MR) is 118 cm³/mol. The Morgan fingerprint density at radius 3 is 1.96 bits per heavy atom. The van der Waals surface area contributed by atoms with Crippen molar-refractivity contribution in [3.05, 3.63) is 59.7 Å². The van der Waals surface area contributed by atoms with E-state index in [4.69, 9.17) is 4.74 Å². The molecule has 2 rings (SSSR count). The molecule has 2 aromatic carbocycles. The van der Waals surface area contributed by atoms with Gasteiger partial charge in [-0.3, -0.25) is 4.99 Å². The van der Waals surface area contributed by atoms with Crippen molar-refractivity contribution in [3.8, 4) is 5.75 Å². The van der Waals surface area contributed by atoms with Gasteiger partial charge >= 0.3 is 0 Å². The van der Waals surface area contributed by atoms with Gasteiger partial charge in [0, 0.05) is 6.21 Å². The van der Waals surface area contributed by atoms with Crippen molar-refractivity contribution in [3.63, 3.8) is 0 Å². The standard InChI is InChI=1S/C25H35NO/c1-3-4-5-6-7-8-9-10-11-20-27-25-18-14-23(15-19-25)21-26-24-16-12-22(2)13-17-24/h12-19,21H,3-11,20H2,1-2H3. The summed E-state index contributed by atoms with van der Waals surface area (Å²) in [6.07, 6.45) is 14.0. The lowest BCUT2D eigenvalue weighted by molar-refractivity contribution is 0.304. The van der Waals surface area contributed by atoms with Gasteiger partial charge in [-0.2, -0.15) is 0 Å². The average Bonchev–Trinajstić information content (AvgIpc) is 2.70. The van der Waals surface area contributed by atoms with Gasteiger partial charge in [0.15, 0.2) is 0 Å². The summed E-state index contributed by atoms with van der Waals surface area (Å²) < 4.78 is 5.85. The lowest BCUT2D eigenvalue weighted by Crippen LogP contribution is -1.97. The van der Waals surface area contributed by atoms with E-state index in [1.165, 1.54) is 56.9 Å². The molecule has 0 saturated heterocycles. The smallest absolute Gasteiger partial charge is 0.119 e. The SMILES string of the molecule is CCCCCCCCCCCOc1ccc(C=Nc2ccc(C)cc2)cc1. The molecular weight excluding hydrogens is 330 g/mol. The fourth-order valence-corrected chi connectivity index (χ4v) is 3.03.